The Morgan fingerprint density at radius 1 is 1.06 bits per heavy atom. The molecule has 2 bridgehead atoms. The fourth-order valence-corrected chi connectivity index (χ4v) is 7.19. The average Bonchev–Trinajstić information content (AvgIpc) is 3.49. The van der Waals surface area contributed by atoms with Gasteiger partial charge in [0.2, 0.25) is 0 Å². The number of nitriles is 1. The summed E-state index contributed by atoms with van der Waals surface area (Å²) in [4.78, 5) is 37.9. The monoisotopic (exact) mass is 730 g/mol. The Hall–Kier alpha value is -4.91. The van der Waals surface area contributed by atoms with E-state index < -0.39 is 46.5 Å². The summed E-state index contributed by atoms with van der Waals surface area (Å²) < 4.78 is 75.8. The predicted molar refractivity (Wildman–Crippen MR) is 185 cm³/mol. The molecule has 1 aromatic carbocycles. The van der Waals surface area contributed by atoms with E-state index in [1.807, 2.05) is 11.0 Å². The maximum atomic E-state index is 15.2. The Bertz CT molecular complexity index is 2050. The van der Waals surface area contributed by atoms with Crippen LogP contribution in [0.4, 0.5) is 38.0 Å². The highest BCUT2D eigenvalue weighted by molar-refractivity contribution is 7.14. The first-order chi connectivity index (χ1) is 23.7. The van der Waals surface area contributed by atoms with Crippen molar-refractivity contribution in [2.75, 3.05) is 30.4 Å². The summed E-state index contributed by atoms with van der Waals surface area (Å²) in [5.41, 5.74) is -3.30. The van der Waals surface area contributed by atoms with Gasteiger partial charge < -0.3 is 19.1 Å². The van der Waals surface area contributed by atoms with Gasteiger partial charge in [0.1, 0.15) is 33.9 Å². The fraction of sp³-hybridized carbons (Fsp3) is 0.457. The van der Waals surface area contributed by atoms with Crippen LogP contribution in [0.5, 0.6) is 6.01 Å². The predicted octanol–water partition coefficient (Wildman–Crippen LogP) is 6.62. The second kappa shape index (κ2) is 13.7. The van der Waals surface area contributed by atoms with E-state index >= 15 is 4.39 Å². The Kier molecular flexibility index (Phi) is 10.0. The number of aromatic nitrogens is 2. The van der Waals surface area contributed by atoms with Crippen LogP contribution in [0.1, 0.15) is 71.1 Å². The van der Waals surface area contributed by atoms with Gasteiger partial charge in [0, 0.05) is 23.7 Å². The minimum absolute atomic E-state index is 0.0764. The van der Waals surface area contributed by atoms with E-state index in [1.54, 1.807) is 46.4 Å². The molecule has 2 saturated heterocycles. The molecule has 11 nitrogen and oxygen atoms in total. The number of allylic oxidation sites excluding steroid dienone is 1. The summed E-state index contributed by atoms with van der Waals surface area (Å²) in [5, 5.41) is 12.3. The van der Waals surface area contributed by atoms with Gasteiger partial charge in [-0.25, -0.2) is 14.0 Å². The van der Waals surface area contributed by atoms with E-state index in [-0.39, 0.29) is 68.2 Å². The molecule has 0 saturated carbocycles. The van der Waals surface area contributed by atoms with E-state index in [9.17, 15) is 28.0 Å². The van der Waals surface area contributed by atoms with Crippen molar-refractivity contribution in [3.05, 3.63) is 51.2 Å². The molecule has 0 spiro atoms. The number of methoxy groups -OCH3 is 1. The third kappa shape index (κ3) is 8.03. The Balaban J connectivity index is 1.67. The number of benzene rings is 1. The lowest BCUT2D eigenvalue weighted by molar-refractivity contribution is -0.137. The highest BCUT2D eigenvalue weighted by Gasteiger charge is 2.45. The van der Waals surface area contributed by atoms with Gasteiger partial charge in [0.05, 0.1) is 40.4 Å². The molecule has 2 atom stereocenters. The smallest absolute Gasteiger partial charge is 0.417 e. The van der Waals surface area contributed by atoms with Crippen LogP contribution in [0.25, 0.3) is 22.8 Å². The molecule has 0 radical (unpaired) electrons. The van der Waals surface area contributed by atoms with Gasteiger partial charge in [-0.15, -0.1) is 11.3 Å². The number of ether oxygens (including phenoxy) is 3. The number of nitrogens with one attached hydrogen (secondary N) is 1. The molecule has 2 unspecified atom stereocenters. The number of anilines is 2. The molecule has 1 N–H and O–H groups in total. The second-order valence-electron chi connectivity index (χ2n) is 14.1. The molecule has 4 heterocycles. The molecular weight excluding hydrogens is 692 g/mol. The molecule has 5 rings (SSSR count). The molecule has 3 aromatic rings. The van der Waals surface area contributed by atoms with Gasteiger partial charge in [-0.2, -0.15) is 28.4 Å². The standard InChI is InChI=1S/C35H38F4N6O5S/c1-9-25(36)27-21(23(15-40)29(51-27)43-31(46)49-33(2,3)4)12-18-13-26-22(14-24(18)35(37,38)39)28(42-30(41-26)48-8)44-16-19-10-11-20(17-44)45(19)32(47)50-34(5,6)7/h9,12-14,19-20H,1,10-11,16-17H2,2-8H3,(H,43,46)/b21-12+,27-25-. The molecule has 2 aromatic heterocycles. The minimum Gasteiger partial charge on any atom is -0.467 e. The number of thiophene rings is 1. The highest BCUT2D eigenvalue weighted by atomic mass is 32.1. The lowest BCUT2D eigenvalue weighted by Crippen LogP contribution is -2.57. The van der Waals surface area contributed by atoms with Crippen LogP contribution in [0.3, 0.4) is 0 Å². The number of rotatable bonds is 5. The van der Waals surface area contributed by atoms with E-state index in [0.717, 1.165) is 18.2 Å². The van der Waals surface area contributed by atoms with Crippen molar-refractivity contribution in [3.8, 4) is 12.1 Å². The molecule has 51 heavy (non-hydrogen) atoms. The van der Waals surface area contributed by atoms with E-state index in [0.29, 0.717) is 24.2 Å². The molecule has 272 valence electrons. The van der Waals surface area contributed by atoms with Crippen LogP contribution in [-0.2, 0) is 15.7 Å². The minimum atomic E-state index is -4.91. The number of hydrogen-bond donors (Lipinski definition) is 1. The zero-order valence-electron chi connectivity index (χ0n) is 29.2. The molecule has 2 amide bonds. The number of halogens is 4. The van der Waals surface area contributed by atoms with Crippen LogP contribution in [0, 0.1) is 11.3 Å². The van der Waals surface area contributed by atoms with E-state index in [2.05, 4.69) is 21.9 Å². The summed E-state index contributed by atoms with van der Waals surface area (Å²) in [6.45, 7) is 14.2. The molecular formula is C35H38F4N6O5S. The molecule has 16 heteroatoms. The van der Waals surface area contributed by atoms with Gasteiger partial charge in [0.15, 0.2) is 0 Å². The first kappa shape index (κ1) is 37.3. The van der Waals surface area contributed by atoms with Crippen molar-refractivity contribution in [1.82, 2.24) is 14.9 Å². The number of hydrogen-bond acceptors (Lipinski definition) is 10. The SMILES string of the molecule is C=C/C(F)=c1/sc(NC(=O)OC(C)(C)C)c(C#N)/c1=C\c1cc2nc(OC)nc(N3CC4CCC(C3)N4C(=O)OC(C)(C)C)c2cc1C(F)(F)F. The summed E-state index contributed by atoms with van der Waals surface area (Å²) in [6.07, 6.45) is -3.04. The topological polar surface area (TPSA) is 130 Å². The zero-order chi connectivity index (χ0) is 37.6. The van der Waals surface area contributed by atoms with E-state index in [4.69, 9.17) is 14.2 Å². The lowest BCUT2D eigenvalue weighted by atomic mass is 10.0. The molecule has 2 aliphatic heterocycles. The molecule has 0 aliphatic carbocycles. The number of piperazine rings is 1. The van der Waals surface area contributed by atoms with Gasteiger partial charge in [-0.1, -0.05) is 6.58 Å². The highest BCUT2D eigenvalue weighted by Crippen LogP contribution is 2.40. The Morgan fingerprint density at radius 3 is 2.22 bits per heavy atom. The first-order valence-electron chi connectivity index (χ1n) is 16.0. The largest absolute Gasteiger partial charge is 0.467 e. The summed E-state index contributed by atoms with van der Waals surface area (Å²) in [6, 6.07) is 3.35. The maximum Gasteiger partial charge on any atom is 0.417 e. The molecule has 2 aliphatic rings. The van der Waals surface area contributed by atoms with Crippen LogP contribution < -0.4 is 24.7 Å². The second-order valence-corrected chi connectivity index (χ2v) is 15.2. The number of carbonyl (C=O) groups excluding carboxylic acids is 2. The summed E-state index contributed by atoms with van der Waals surface area (Å²) in [7, 11) is 1.33. The average molecular weight is 731 g/mol. The quantitative estimate of drug-likeness (QED) is 0.288. The zero-order valence-corrected chi connectivity index (χ0v) is 30.0. The van der Waals surface area contributed by atoms with Gasteiger partial charge in [-0.3, -0.25) is 10.2 Å². The normalized spacial score (nSPS) is 18.7. The van der Waals surface area contributed by atoms with Crippen LogP contribution in [-0.4, -0.2) is 70.5 Å². The van der Waals surface area contributed by atoms with Gasteiger partial charge in [0.25, 0.3) is 0 Å². The number of alkyl halides is 3. The number of nitrogens with zero attached hydrogens (tertiary/aromatic N) is 5. The van der Waals surface area contributed by atoms with E-state index in [1.165, 1.54) is 13.2 Å². The number of carbonyl (C=O) groups is 2. The fourth-order valence-electron chi connectivity index (χ4n) is 6.14. The van der Waals surface area contributed by atoms with Crippen molar-refractivity contribution in [2.45, 2.75) is 83.8 Å². The third-order valence-corrected chi connectivity index (χ3v) is 9.20. The summed E-state index contributed by atoms with van der Waals surface area (Å²) in [5.74, 6) is -0.723. The first-order valence-corrected chi connectivity index (χ1v) is 16.8. The van der Waals surface area contributed by atoms with Crippen molar-refractivity contribution in [3.63, 3.8) is 0 Å². The van der Waals surface area contributed by atoms with Crippen molar-refractivity contribution in [1.29, 1.82) is 5.26 Å². The van der Waals surface area contributed by atoms with Crippen LogP contribution >= 0.6 is 11.3 Å². The van der Waals surface area contributed by atoms with Gasteiger partial charge in [-0.05, 0) is 84.2 Å². The number of fused-ring (bicyclic) bond motifs is 3. The van der Waals surface area contributed by atoms with Crippen LogP contribution in [0.15, 0.2) is 24.8 Å². The van der Waals surface area contributed by atoms with Crippen molar-refractivity contribution < 1.29 is 41.4 Å². The summed E-state index contributed by atoms with van der Waals surface area (Å²) >= 11 is 0.653. The Labute approximate surface area is 295 Å². The molecule has 2 fully saturated rings. The van der Waals surface area contributed by atoms with Gasteiger partial charge >= 0.3 is 24.4 Å². The van der Waals surface area contributed by atoms with Crippen molar-refractivity contribution >= 4 is 57.1 Å². The number of amides is 2. The maximum absolute atomic E-state index is 15.2. The lowest BCUT2D eigenvalue weighted by Gasteiger charge is -2.42. The Morgan fingerprint density at radius 2 is 1.69 bits per heavy atom. The van der Waals surface area contributed by atoms with Crippen molar-refractivity contribution in [2.24, 2.45) is 0 Å². The third-order valence-electron chi connectivity index (χ3n) is 8.07. The van der Waals surface area contributed by atoms with Crippen LogP contribution in [0.2, 0.25) is 0 Å².